The Hall–Kier alpha value is -2.78. The zero-order valence-corrected chi connectivity index (χ0v) is 16.4. The Morgan fingerprint density at radius 2 is 1.96 bits per heavy atom. The van der Waals surface area contributed by atoms with Crippen LogP contribution in [0.15, 0.2) is 47.4 Å². The molecule has 28 heavy (non-hydrogen) atoms. The molecular weight excluding hydrogens is 400 g/mol. The number of amides is 3. The second kappa shape index (κ2) is 8.07. The summed E-state index contributed by atoms with van der Waals surface area (Å²) in [6.07, 6.45) is 4.86. The number of imide groups is 1. The highest BCUT2D eigenvalue weighted by molar-refractivity contribution is 8.26. The largest absolute Gasteiger partial charge is 0.480 e. The van der Waals surface area contributed by atoms with E-state index in [9.17, 15) is 19.2 Å². The molecule has 0 unspecified atom stereocenters. The van der Waals surface area contributed by atoms with Crippen molar-refractivity contribution in [1.82, 2.24) is 9.80 Å². The van der Waals surface area contributed by atoms with E-state index in [1.807, 2.05) is 36.4 Å². The fourth-order valence-electron chi connectivity index (χ4n) is 2.93. The number of hydrogen-bond acceptors (Lipinski definition) is 6. The zero-order valence-electron chi connectivity index (χ0n) is 14.8. The molecule has 0 radical (unpaired) electrons. The highest BCUT2D eigenvalue weighted by Crippen LogP contribution is 2.35. The summed E-state index contributed by atoms with van der Waals surface area (Å²) in [6, 6.07) is 7.11. The minimum absolute atomic E-state index is 0.167. The molecule has 7 nitrogen and oxygen atoms in total. The van der Waals surface area contributed by atoms with Crippen molar-refractivity contribution in [2.24, 2.45) is 0 Å². The summed E-state index contributed by atoms with van der Waals surface area (Å²) >= 11 is 6.27. The molecule has 3 rings (SSSR count). The number of benzene rings is 1. The standard InChI is InChI=1S/C19H16N2O5S2/c1-11(18(25)26)20-15(22)10-13(16(20)23)21-17(24)14(28-19(21)27)9-5-8-12-6-3-2-4-7-12/h2-9,11,13H,10H2,1H3,(H,25,26)/b8-5+,14-9-/t11-,13+/m1/s1. The Balaban J connectivity index is 1.78. The maximum atomic E-state index is 12.7. The summed E-state index contributed by atoms with van der Waals surface area (Å²) in [5, 5.41) is 9.09. The predicted octanol–water partition coefficient (Wildman–Crippen LogP) is 2.04. The average molecular weight is 416 g/mol. The van der Waals surface area contributed by atoms with Crippen LogP contribution in [0.3, 0.4) is 0 Å². The van der Waals surface area contributed by atoms with Gasteiger partial charge in [0.15, 0.2) is 0 Å². The Kier molecular flexibility index (Phi) is 5.76. The van der Waals surface area contributed by atoms with Crippen LogP contribution in [0.25, 0.3) is 6.08 Å². The van der Waals surface area contributed by atoms with Crippen molar-refractivity contribution >= 4 is 58.1 Å². The van der Waals surface area contributed by atoms with Gasteiger partial charge in [0.25, 0.3) is 11.8 Å². The van der Waals surface area contributed by atoms with E-state index in [0.717, 1.165) is 22.2 Å². The number of carboxylic acid groups (broad SMARTS) is 1. The topological polar surface area (TPSA) is 95.0 Å². The van der Waals surface area contributed by atoms with Gasteiger partial charge in [-0.1, -0.05) is 66.5 Å². The van der Waals surface area contributed by atoms with Gasteiger partial charge in [0, 0.05) is 0 Å². The van der Waals surface area contributed by atoms with E-state index >= 15 is 0 Å². The number of hydrogen-bond donors (Lipinski definition) is 1. The smallest absolute Gasteiger partial charge is 0.326 e. The van der Waals surface area contributed by atoms with Gasteiger partial charge in [0.1, 0.15) is 16.4 Å². The van der Waals surface area contributed by atoms with E-state index < -0.39 is 35.8 Å². The molecule has 0 spiro atoms. The van der Waals surface area contributed by atoms with Crippen LogP contribution >= 0.6 is 24.0 Å². The van der Waals surface area contributed by atoms with E-state index in [1.165, 1.54) is 6.92 Å². The average Bonchev–Trinajstić information content (AvgIpc) is 3.10. The first-order chi connectivity index (χ1) is 13.3. The van der Waals surface area contributed by atoms with Crippen LogP contribution in [-0.4, -0.2) is 55.0 Å². The number of carbonyl (C=O) groups is 4. The summed E-state index contributed by atoms with van der Waals surface area (Å²) in [4.78, 5) is 50.7. The lowest BCUT2D eigenvalue weighted by molar-refractivity contribution is -0.154. The number of carboxylic acids is 1. The number of thiocarbonyl (C=S) groups is 1. The Morgan fingerprint density at radius 1 is 1.29 bits per heavy atom. The number of likely N-dealkylation sites (tertiary alicyclic amines) is 1. The lowest BCUT2D eigenvalue weighted by atomic mass is 10.2. The van der Waals surface area contributed by atoms with Crippen molar-refractivity contribution < 1.29 is 24.3 Å². The zero-order chi connectivity index (χ0) is 20.4. The van der Waals surface area contributed by atoms with Crippen molar-refractivity contribution in [3.8, 4) is 0 Å². The van der Waals surface area contributed by atoms with Gasteiger partial charge in [-0.2, -0.15) is 0 Å². The molecule has 2 fully saturated rings. The number of carbonyl (C=O) groups excluding carboxylic acids is 3. The van der Waals surface area contributed by atoms with Crippen LogP contribution in [0.4, 0.5) is 0 Å². The van der Waals surface area contributed by atoms with Crippen molar-refractivity contribution in [2.75, 3.05) is 0 Å². The molecule has 1 aromatic rings. The van der Waals surface area contributed by atoms with E-state index in [0.29, 0.717) is 9.81 Å². The first-order valence-corrected chi connectivity index (χ1v) is 9.61. The molecular formula is C19H16N2O5S2. The molecule has 2 atom stereocenters. The van der Waals surface area contributed by atoms with Crippen molar-refractivity contribution in [2.45, 2.75) is 25.4 Å². The molecule has 0 bridgehead atoms. The minimum Gasteiger partial charge on any atom is -0.480 e. The first kappa shape index (κ1) is 20.0. The fourth-order valence-corrected chi connectivity index (χ4v) is 4.24. The number of nitrogens with zero attached hydrogens (tertiary/aromatic N) is 2. The van der Waals surface area contributed by atoms with Crippen LogP contribution < -0.4 is 0 Å². The van der Waals surface area contributed by atoms with E-state index in [1.54, 1.807) is 12.2 Å². The second-order valence-corrected chi connectivity index (χ2v) is 7.86. The van der Waals surface area contributed by atoms with E-state index in [2.05, 4.69) is 0 Å². The van der Waals surface area contributed by atoms with Crippen LogP contribution in [0.5, 0.6) is 0 Å². The third kappa shape index (κ3) is 3.76. The number of thioether (sulfide) groups is 1. The summed E-state index contributed by atoms with van der Waals surface area (Å²) in [6.45, 7) is 1.25. The van der Waals surface area contributed by atoms with Gasteiger partial charge >= 0.3 is 5.97 Å². The van der Waals surface area contributed by atoms with E-state index in [-0.39, 0.29) is 10.7 Å². The number of allylic oxidation sites excluding steroid dienone is 2. The molecule has 2 aliphatic heterocycles. The summed E-state index contributed by atoms with van der Waals surface area (Å²) in [7, 11) is 0. The van der Waals surface area contributed by atoms with Gasteiger partial charge < -0.3 is 5.11 Å². The lowest BCUT2D eigenvalue weighted by Gasteiger charge is -2.23. The van der Waals surface area contributed by atoms with Crippen LogP contribution in [0.2, 0.25) is 0 Å². The third-order valence-corrected chi connectivity index (χ3v) is 5.72. The monoisotopic (exact) mass is 416 g/mol. The van der Waals surface area contributed by atoms with Gasteiger partial charge in [-0.15, -0.1) is 0 Å². The van der Waals surface area contributed by atoms with E-state index in [4.69, 9.17) is 17.3 Å². The molecule has 144 valence electrons. The molecule has 1 aromatic carbocycles. The first-order valence-electron chi connectivity index (χ1n) is 8.38. The highest BCUT2D eigenvalue weighted by atomic mass is 32.2. The molecule has 0 aliphatic carbocycles. The Morgan fingerprint density at radius 3 is 2.61 bits per heavy atom. The summed E-state index contributed by atoms with van der Waals surface area (Å²) < 4.78 is 0.167. The molecule has 1 N–H and O–H groups in total. The predicted molar refractivity (Wildman–Crippen MR) is 108 cm³/mol. The summed E-state index contributed by atoms with van der Waals surface area (Å²) in [5.74, 6) is -3.12. The van der Waals surface area contributed by atoms with Gasteiger partial charge in [-0.25, -0.2) is 4.79 Å². The number of rotatable bonds is 5. The molecule has 9 heteroatoms. The Bertz CT molecular complexity index is 926. The summed E-state index contributed by atoms with van der Waals surface area (Å²) in [5.41, 5.74) is 0.962. The normalized spacial score (nSPS) is 22.8. The SMILES string of the molecule is C[C@H](C(=O)O)N1C(=O)C[C@H](N2C(=O)/C(=C/C=C/c3ccccc3)SC2=S)C1=O. The fraction of sp³-hybridized carbons (Fsp3) is 0.211. The maximum absolute atomic E-state index is 12.7. The maximum Gasteiger partial charge on any atom is 0.326 e. The van der Waals surface area contributed by atoms with Gasteiger partial charge in [-0.3, -0.25) is 24.2 Å². The molecule has 3 amide bonds. The minimum atomic E-state index is -1.30. The molecule has 0 aromatic heterocycles. The van der Waals surface area contributed by atoms with Crippen LogP contribution in [0, 0.1) is 0 Å². The number of aliphatic carboxylic acids is 1. The van der Waals surface area contributed by atoms with Gasteiger partial charge in [0.05, 0.1) is 11.3 Å². The Labute approximate surface area is 170 Å². The van der Waals surface area contributed by atoms with Crippen molar-refractivity contribution in [1.29, 1.82) is 0 Å². The van der Waals surface area contributed by atoms with Gasteiger partial charge in [0.2, 0.25) is 5.91 Å². The quantitative estimate of drug-likeness (QED) is 0.446. The van der Waals surface area contributed by atoms with Crippen LogP contribution in [0.1, 0.15) is 18.9 Å². The molecule has 0 saturated carbocycles. The molecule has 2 aliphatic rings. The highest BCUT2D eigenvalue weighted by Gasteiger charge is 2.50. The van der Waals surface area contributed by atoms with Crippen molar-refractivity contribution in [3.05, 3.63) is 53.0 Å². The van der Waals surface area contributed by atoms with Crippen molar-refractivity contribution in [3.63, 3.8) is 0 Å². The second-order valence-electron chi connectivity index (χ2n) is 6.18. The lowest BCUT2D eigenvalue weighted by Crippen LogP contribution is -2.48. The van der Waals surface area contributed by atoms with Gasteiger partial charge in [-0.05, 0) is 18.6 Å². The molecule has 2 saturated heterocycles. The molecule has 2 heterocycles. The van der Waals surface area contributed by atoms with Crippen LogP contribution in [-0.2, 0) is 19.2 Å². The third-order valence-electron chi connectivity index (χ3n) is 4.37.